The molecule has 7 rings (SSSR count). The number of nitrogens with zero attached hydrogens (tertiary/aromatic N) is 4. The van der Waals surface area contributed by atoms with Crippen LogP contribution in [-0.2, 0) is 11.3 Å². The van der Waals surface area contributed by atoms with Gasteiger partial charge in [0.1, 0.15) is 17.2 Å². The summed E-state index contributed by atoms with van der Waals surface area (Å²) in [4.78, 5) is 14.0. The Morgan fingerprint density at radius 2 is 1.88 bits per heavy atom. The molecule has 5 heterocycles. The molecule has 2 bridgehead atoms. The maximum absolute atomic E-state index is 13.1. The Morgan fingerprint density at radius 3 is 2.57 bits per heavy atom. The summed E-state index contributed by atoms with van der Waals surface area (Å²) in [6.45, 7) is 0.157. The van der Waals surface area contributed by atoms with Crippen molar-refractivity contribution >= 4 is 23.3 Å². The normalized spacial score (nSPS) is 22.1. The highest BCUT2D eigenvalue weighted by molar-refractivity contribution is 7.13. The number of carbonyl (C=O) groups is 1. The van der Waals surface area contributed by atoms with Crippen molar-refractivity contribution in [3.63, 3.8) is 0 Å². The minimum atomic E-state index is -4.84. The number of hydrogen-bond acceptors (Lipinski definition) is 10. The number of thiophene rings is 1. The molecule has 3 fully saturated rings. The molecule has 0 spiro atoms. The fourth-order valence-electron chi connectivity index (χ4n) is 5.97. The monoisotopic (exact) mass is 602 g/mol. The smallest absolute Gasteiger partial charge is 0.478 e. The third-order valence-electron chi connectivity index (χ3n) is 7.98. The average Bonchev–Trinajstić information content (AvgIpc) is 3.29. The molecule has 2 atom stereocenters. The van der Waals surface area contributed by atoms with Crippen LogP contribution in [0.5, 0.6) is 5.75 Å². The molecule has 1 aromatic carbocycles. The predicted octanol–water partition coefficient (Wildman–Crippen LogP) is 6.64. The second kappa shape index (κ2) is 10.4. The number of hydrogen-bond donors (Lipinski definition) is 1. The molecule has 42 heavy (non-hydrogen) atoms. The highest BCUT2D eigenvalue weighted by Gasteiger charge is 2.44. The molecule has 0 amide bonds. The van der Waals surface area contributed by atoms with Gasteiger partial charge < -0.3 is 28.4 Å². The summed E-state index contributed by atoms with van der Waals surface area (Å²) >= 11 is 1.23. The van der Waals surface area contributed by atoms with Gasteiger partial charge in [0.25, 0.3) is 5.89 Å². The zero-order chi connectivity index (χ0) is 29.0. The van der Waals surface area contributed by atoms with Gasteiger partial charge in [-0.25, -0.2) is 4.79 Å². The minimum Gasteiger partial charge on any atom is -0.478 e. The van der Waals surface area contributed by atoms with Crippen molar-refractivity contribution < 1.29 is 41.5 Å². The Hall–Kier alpha value is -3.91. The maximum atomic E-state index is 13.1. The van der Waals surface area contributed by atoms with Gasteiger partial charge in [-0.2, -0.15) is 0 Å². The molecule has 2 saturated heterocycles. The minimum absolute atomic E-state index is 0.0898. The van der Waals surface area contributed by atoms with Gasteiger partial charge in [-0.15, -0.1) is 29.6 Å². The van der Waals surface area contributed by atoms with Crippen molar-refractivity contribution in [3.05, 3.63) is 52.6 Å². The van der Waals surface area contributed by atoms with Gasteiger partial charge in [-0.3, -0.25) is 0 Å². The molecule has 1 saturated carbocycles. The number of ether oxygens (including phenoxy) is 2. The van der Waals surface area contributed by atoms with Crippen molar-refractivity contribution in [1.29, 1.82) is 0 Å². The van der Waals surface area contributed by atoms with Crippen LogP contribution in [0.3, 0.4) is 0 Å². The van der Waals surface area contributed by atoms with Gasteiger partial charge in [-0.1, -0.05) is 22.4 Å². The lowest BCUT2D eigenvalue weighted by atomic mass is 9.99. The first kappa shape index (κ1) is 27.0. The maximum Gasteiger partial charge on any atom is 0.573 e. The van der Waals surface area contributed by atoms with Crippen LogP contribution in [0, 0.1) is 0 Å². The molecular formula is C28H25F3N4O6S. The van der Waals surface area contributed by atoms with E-state index in [4.69, 9.17) is 13.7 Å². The van der Waals surface area contributed by atoms with Crippen molar-refractivity contribution in [2.24, 2.45) is 0 Å². The van der Waals surface area contributed by atoms with Gasteiger partial charge >= 0.3 is 18.3 Å². The van der Waals surface area contributed by atoms with E-state index in [2.05, 4.69) is 25.0 Å². The van der Waals surface area contributed by atoms with Crippen molar-refractivity contribution in [1.82, 2.24) is 15.4 Å². The zero-order valence-corrected chi connectivity index (χ0v) is 22.9. The Morgan fingerprint density at radius 1 is 1.12 bits per heavy atom. The van der Waals surface area contributed by atoms with Crippen molar-refractivity contribution in [3.8, 4) is 27.8 Å². The molecule has 3 aliphatic rings. The molecule has 2 unspecified atom stereocenters. The molecule has 1 aliphatic carbocycles. The molecular weight excluding hydrogens is 577 g/mol. The highest BCUT2D eigenvalue weighted by Crippen LogP contribution is 2.46. The van der Waals surface area contributed by atoms with Crippen LogP contribution in [0.15, 0.2) is 44.7 Å². The Labute approximate surface area is 241 Å². The molecule has 10 nitrogen and oxygen atoms in total. The number of piperidine rings is 1. The first-order valence-electron chi connectivity index (χ1n) is 13.6. The third-order valence-corrected chi connectivity index (χ3v) is 8.90. The second-order valence-corrected chi connectivity index (χ2v) is 11.7. The largest absolute Gasteiger partial charge is 0.573 e. The molecule has 3 aromatic heterocycles. The summed E-state index contributed by atoms with van der Waals surface area (Å²) in [6, 6.07) is 8.06. The molecule has 2 aliphatic heterocycles. The van der Waals surface area contributed by atoms with E-state index >= 15 is 0 Å². The average molecular weight is 603 g/mol. The van der Waals surface area contributed by atoms with Gasteiger partial charge in [0, 0.05) is 34.5 Å². The van der Waals surface area contributed by atoms with Crippen LogP contribution in [0.4, 0.5) is 19.2 Å². The Bertz CT molecular complexity index is 1600. The zero-order valence-electron chi connectivity index (χ0n) is 22.0. The number of halogens is 3. The van der Waals surface area contributed by atoms with E-state index in [0.717, 1.165) is 25.7 Å². The van der Waals surface area contributed by atoms with E-state index in [1.54, 1.807) is 6.07 Å². The number of para-hydroxylation sites is 1. The Kier molecular flexibility index (Phi) is 6.69. The molecule has 4 aromatic rings. The van der Waals surface area contributed by atoms with Crippen LogP contribution < -0.4 is 9.64 Å². The highest BCUT2D eigenvalue weighted by atomic mass is 32.1. The van der Waals surface area contributed by atoms with E-state index in [1.165, 1.54) is 41.0 Å². The van der Waals surface area contributed by atoms with E-state index in [0.29, 0.717) is 40.8 Å². The quantitative estimate of drug-likeness (QED) is 0.223. The van der Waals surface area contributed by atoms with E-state index < -0.39 is 12.3 Å². The van der Waals surface area contributed by atoms with Gasteiger partial charge in [0.15, 0.2) is 0 Å². The number of benzene rings is 1. The molecule has 14 heteroatoms. The van der Waals surface area contributed by atoms with Crippen LogP contribution in [-0.4, -0.2) is 51.0 Å². The van der Waals surface area contributed by atoms with Crippen LogP contribution in [0.1, 0.15) is 66.1 Å². The third kappa shape index (κ3) is 5.24. The number of rotatable bonds is 9. The van der Waals surface area contributed by atoms with Crippen molar-refractivity contribution in [2.45, 2.75) is 75.6 Å². The molecule has 1 N–H and O–H groups in total. The standard InChI is InChI=1S/C28H25F3N4O6S/c29-28(30,31)40-21-4-2-1-3-19(21)23-20(24(41-34-23)14-5-6-14)12-38-18-10-16-7-8-17(11-18)35(16)27-33-32-25(39-27)22-9-15(13-42-22)26(36)37/h1-4,9,13-14,16-18H,5-8,10-12H2,(H,36,37). The van der Waals surface area contributed by atoms with Crippen LogP contribution >= 0.6 is 11.3 Å². The van der Waals surface area contributed by atoms with Crippen LogP contribution in [0.25, 0.3) is 22.0 Å². The lowest BCUT2D eigenvalue weighted by molar-refractivity contribution is -0.274. The lowest BCUT2D eigenvalue weighted by Gasteiger charge is -2.37. The molecule has 220 valence electrons. The second-order valence-electron chi connectivity index (χ2n) is 10.8. The number of anilines is 1. The summed E-state index contributed by atoms with van der Waals surface area (Å²) in [6.07, 6.45) is 0.213. The summed E-state index contributed by atoms with van der Waals surface area (Å²) in [7, 11) is 0. The number of fused-ring (bicyclic) bond motifs is 2. The summed E-state index contributed by atoms with van der Waals surface area (Å²) in [5.41, 5.74) is 1.33. The van der Waals surface area contributed by atoms with E-state index in [9.17, 15) is 23.1 Å². The van der Waals surface area contributed by atoms with E-state index in [1.807, 2.05) is 0 Å². The Balaban J connectivity index is 1.07. The van der Waals surface area contributed by atoms with Gasteiger partial charge in [-0.05, 0) is 56.7 Å². The van der Waals surface area contributed by atoms with Gasteiger partial charge in [0.05, 0.1) is 23.2 Å². The van der Waals surface area contributed by atoms with E-state index in [-0.39, 0.29) is 53.5 Å². The first-order valence-corrected chi connectivity index (χ1v) is 14.5. The van der Waals surface area contributed by atoms with Crippen molar-refractivity contribution in [2.75, 3.05) is 4.90 Å². The number of aromatic carboxylic acids is 1. The summed E-state index contributed by atoms with van der Waals surface area (Å²) in [5.74, 6) is -0.235. The first-order chi connectivity index (χ1) is 20.2. The molecule has 0 radical (unpaired) electrons. The lowest BCUT2D eigenvalue weighted by Crippen LogP contribution is -2.45. The number of carboxylic acid groups (broad SMARTS) is 1. The summed E-state index contributed by atoms with van der Waals surface area (Å²) in [5, 5.41) is 23.3. The topological polar surface area (TPSA) is 124 Å². The van der Waals surface area contributed by atoms with Crippen LogP contribution in [0.2, 0.25) is 0 Å². The SMILES string of the molecule is O=C(O)c1csc(-c2nnc(N3C4CCC3CC(OCc3c(-c5ccccc5OC(F)(F)F)noc3C3CC3)C4)o2)c1. The fraction of sp³-hybridized carbons (Fsp3) is 0.429. The number of carboxylic acids is 1. The fourth-order valence-corrected chi connectivity index (χ4v) is 6.77. The number of aromatic nitrogens is 3. The predicted molar refractivity (Wildman–Crippen MR) is 142 cm³/mol. The van der Waals surface area contributed by atoms with Gasteiger partial charge in [0.2, 0.25) is 0 Å². The summed E-state index contributed by atoms with van der Waals surface area (Å²) < 4.78 is 61.6. The number of alkyl halides is 3.